The summed E-state index contributed by atoms with van der Waals surface area (Å²) in [5.74, 6) is -1.16. The number of aromatic carboxylic acids is 1. The average molecular weight is 308 g/mol. The lowest BCUT2D eigenvalue weighted by atomic mass is 10.2. The quantitative estimate of drug-likeness (QED) is 0.680. The first kappa shape index (κ1) is 14.8. The van der Waals surface area contributed by atoms with Gasteiger partial charge in [-0.05, 0) is 30.7 Å². The van der Waals surface area contributed by atoms with Crippen LogP contribution in [-0.4, -0.2) is 16.0 Å². The monoisotopic (exact) mass is 307 g/mol. The van der Waals surface area contributed by atoms with E-state index in [4.69, 9.17) is 21.4 Å². The zero-order valence-electron chi connectivity index (χ0n) is 10.9. The number of hydrogen-bond donors (Lipinski definition) is 1. The molecule has 2 rings (SSSR count). The van der Waals surface area contributed by atoms with E-state index in [9.17, 15) is 14.9 Å². The molecule has 0 heterocycles. The van der Waals surface area contributed by atoms with Crippen LogP contribution in [0, 0.1) is 17.0 Å². The highest BCUT2D eigenvalue weighted by Gasteiger charge is 2.18. The minimum absolute atomic E-state index is 0.137. The average Bonchev–Trinajstić information content (AvgIpc) is 2.41. The lowest BCUT2D eigenvalue weighted by Gasteiger charge is -2.10. The summed E-state index contributed by atoms with van der Waals surface area (Å²) in [5.41, 5.74) is 0.459. The number of halogens is 1. The van der Waals surface area contributed by atoms with Gasteiger partial charge in [0.2, 0.25) is 0 Å². The van der Waals surface area contributed by atoms with E-state index in [1.165, 1.54) is 0 Å². The number of nitrogens with zero attached hydrogens (tertiary/aromatic N) is 1. The van der Waals surface area contributed by atoms with Crippen LogP contribution >= 0.6 is 11.6 Å². The predicted molar refractivity (Wildman–Crippen MR) is 76.3 cm³/mol. The summed E-state index contributed by atoms with van der Waals surface area (Å²) in [7, 11) is 0. The van der Waals surface area contributed by atoms with Crippen LogP contribution in [0.4, 0.5) is 5.69 Å². The number of aryl methyl sites for hydroxylation is 1. The van der Waals surface area contributed by atoms with Gasteiger partial charge in [0.15, 0.2) is 0 Å². The van der Waals surface area contributed by atoms with Crippen LogP contribution in [0.5, 0.6) is 11.5 Å². The second kappa shape index (κ2) is 5.80. The maximum Gasteiger partial charge on any atom is 0.339 e. The number of ether oxygens (including phenoxy) is 1. The Labute approximate surface area is 124 Å². The van der Waals surface area contributed by atoms with E-state index in [2.05, 4.69) is 0 Å². The third-order valence-corrected chi connectivity index (χ3v) is 3.01. The van der Waals surface area contributed by atoms with Crippen molar-refractivity contribution in [1.29, 1.82) is 0 Å². The van der Waals surface area contributed by atoms with Crippen molar-refractivity contribution in [2.45, 2.75) is 6.92 Å². The normalized spacial score (nSPS) is 10.2. The molecule has 0 aliphatic carbocycles. The first-order valence-electron chi connectivity index (χ1n) is 5.84. The number of non-ortho nitro benzene ring substituents is 1. The highest BCUT2D eigenvalue weighted by molar-refractivity contribution is 6.32. The van der Waals surface area contributed by atoms with Crippen LogP contribution in [0.3, 0.4) is 0 Å². The topological polar surface area (TPSA) is 89.7 Å². The van der Waals surface area contributed by atoms with Gasteiger partial charge in [-0.15, -0.1) is 0 Å². The SMILES string of the molecule is Cc1ccc(Oc2cc([N+](=O)[O-])ccc2C(=O)O)c(Cl)c1. The van der Waals surface area contributed by atoms with Gasteiger partial charge in [0.1, 0.15) is 17.1 Å². The molecule has 21 heavy (non-hydrogen) atoms. The molecule has 0 aromatic heterocycles. The van der Waals surface area contributed by atoms with Gasteiger partial charge in [-0.1, -0.05) is 17.7 Å². The van der Waals surface area contributed by atoms with Gasteiger partial charge >= 0.3 is 5.97 Å². The molecule has 0 saturated heterocycles. The Balaban J connectivity index is 2.48. The molecule has 2 aromatic rings. The second-order valence-electron chi connectivity index (χ2n) is 4.28. The van der Waals surface area contributed by atoms with Crippen molar-refractivity contribution < 1.29 is 19.6 Å². The van der Waals surface area contributed by atoms with E-state index < -0.39 is 10.9 Å². The molecule has 0 radical (unpaired) electrons. The number of benzene rings is 2. The van der Waals surface area contributed by atoms with E-state index in [0.29, 0.717) is 0 Å². The van der Waals surface area contributed by atoms with E-state index in [1.54, 1.807) is 18.2 Å². The number of carbonyl (C=O) groups is 1. The summed E-state index contributed by atoms with van der Waals surface area (Å²) in [4.78, 5) is 21.3. The number of hydrogen-bond acceptors (Lipinski definition) is 4. The largest absolute Gasteiger partial charge is 0.478 e. The molecule has 2 aromatic carbocycles. The number of carboxylic acid groups (broad SMARTS) is 1. The van der Waals surface area contributed by atoms with E-state index in [-0.39, 0.29) is 27.8 Å². The van der Waals surface area contributed by atoms with Gasteiger partial charge < -0.3 is 9.84 Å². The van der Waals surface area contributed by atoms with Gasteiger partial charge in [0.05, 0.1) is 16.0 Å². The molecule has 0 atom stereocenters. The Morgan fingerprint density at radius 2 is 1.95 bits per heavy atom. The molecule has 1 N–H and O–H groups in total. The standard InChI is InChI=1S/C14H10ClNO5/c1-8-2-5-12(11(15)6-8)21-13-7-9(16(19)20)3-4-10(13)14(17)18/h2-7H,1H3,(H,17,18). The summed E-state index contributed by atoms with van der Waals surface area (Å²) in [6, 6.07) is 8.24. The van der Waals surface area contributed by atoms with Crippen molar-refractivity contribution in [3.8, 4) is 11.5 Å². The van der Waals surface area contributed by atoms with Crippen LogP contribution in [0.25, 0.3) is 0 Å². The summed E-state index contributed by atoms with van der Waals surface area (Å²) >= 11 is 6.01. The Morgan fingerprint density at radius 1 is 1.24 bits per heavy atom. The molecule has 6 nitrogen and oxygen atoms in total. The van der Waals surface area contributed by atoms with Gasteiger partial charge in [0, 0.05) is 6.07 Å². The highest BCUT2D eigenvalue weighted by Crippen LogP contribution is 2.33. The van der Waals surface area contributed by atoms with Crippen molar-refractivity contribution in [3.05, 3.63) is 62.7 Å². The molecule has 0 bridgehead atoms. The first-order chi connectivity index (χ1) is 9.88. The van der Waals surface area contributed by atoms with Crippen molar-refractivity contribution in [1.82, 2.24) is 0 Å². The van der Waals surface area contributed by atoms with Crippen molar-refractivity contribution >= 4 is 23.3 Å². The summed E-state index contributed by atoms with van der Waals surface area (Å²) in [6.45, 7) is 1.84. The molecular weight excluding hydrogens is 298 g/mol. The molecule has 0 spiro atoms. The second-order valence-corrected chi connectivity index (χ2v) is 4.69. The third kappa shape index (κ3) is 3.29. The molecule has 7 heteroatoms. The number of carboxylic acids is 1. The summed E-state index contributed by atoms with van der Waals surface area (Å²) < 4.78 is 5.43. The number of nitro groups is 1. The van der Waals surface area contributed by atoms with Crippen LogP contribution in [0.1, 0.15) is 15.9 Å². The number of rotatable bonds is 4. The zero-order valence-corrected chi connectivity index (χ0v) is 11.6. The highest BCUT2D eigenvalue weighted by atomic mass is 35.5. The lowest BCUT2D eigenvalue weighted by molar-refractivity contribution is -0.384. The van der Waals surface area contributed by atoms with Gasteiger partial charge in [-0.2, -0.15) is 0 Å². The molecule has 108 valence electrons. The van der Waals surface area contributed by atoms with Gasteiger partial charge in [0.25, 0.3) is 5.69 Å². The van der Waals surface area contributed by atoms with Crippen LogP contribution < -0.4 is 4.74 Å². The van der Waals surface area contributed by atoms with Crippen molar-refractivity contribution in [2.24, 2.45) is 0 Å². The predicted octanol–water partition coefficient (Wildman–Crippen LogP) is 4.05. The molecule has 0 aliphatic rings. The van der Waals surface area contributed by atoms with Crippen LogP contribution in [-0.2, 0) is 0 Å². The molecule has 0 unspecified atom stereocenters. The summed E-state index contributed by atoms with van der Waals surface area (Å²) in [5, 5.41) is 20.2. The smallest absolute Gasteiger partial charge is 0.339 e. The Morgan fingerprint density at radius 3 is 2.52 bits per heavy atom. The van der Waals surface area contributed by atoms with E-state index >= 15 is 0 Å². The fourth-order valence-corrected chi connectivity index (χ4v) is 1.97. The van der Waals surface area contributed by atoms with Crippen LogP contribution in [0.15, 0.2) is 36.4 Å². The Hall–Kier alpha value is -2.60. The fourth-order valence-electron chi connectivity index (χ4n) is 1.69. The minimum Gasteiger partial charge on any atom is -0.478 e. The molecular formula is C14H10ClNO5. The third-order valence-electron chi connectivity index (χ3n) is 2.71. The summed E-state index contributed by atoms with van der Waals surface area (Å²) in [6.07, 6.45) is 0. The maximum atomic E-state index is 11.1. The van der Waals surface area contributed by atoms with Gasteiger partial charge in [-0.3, -0.25) is 10.1 Å². The van der Waals surface area contributed by atoms with Crippen molar-refractivity contribution in [2.75, 3.05) is 0 Å². The molecule has 0 saturated carbocycles. The van der Waals surface area contributed by atoms with E-state index in [0.717, 1.165) is 23.8 Å². The molecule has 0 aliphatic heterocycles. The first-order valence-corrected chi connectivity index (χ1v) is 6.22. The van der Waals surface area contributed by atoms with Crippen molar-refractivity contribution in [3.63, 3.8) is 0 Å². The minimum atomic E-state index is -1.25. The molecule has 0 fully saturated rings. The Bertz CT molecular complexity index is 729. The Kier molecular flexibility index (Phi) is 4.09. The number of nitro benzene ring substituents is 1. The van der Waals surface area contributed by atoms with E-state index in [1.807, 2.05) is 6.92 Å². The van der Waals surface area contributed by atoms with Crippen LogP contribution in [0.2, 0.25) is 5.02 Å². The van der Waals surface area contributed by atoms with Gasteiger partial charge in [-0.25, -0.2) is 4.79 Å². The molecule has 0 amide bonds. The lowest BCUT2D eigenvalue weighted by Crippen LogP contribution is -2.01. The fraction of sp³-hybridized carbons (Fsp3) is 0.0714. The maximum absolute atomic E-state index is 11.1. The zero-order chi connectivity index (χ0) is 15.6.